The molecule has 0 bridgehead atoms. The Bertz CT molecular complexity index is 787. The van der Waals surface area contributed by atoms with Crippen LogP contribution >= 0.6 is 0 Å². The van der Waals surface area contributed by atoms with Crippen molar-refractivity contribution >= 4 is 15.9 Å². The van der Waals surface area contributed by atoms with Crippen LogP contribution in [0.4, 0.5) is 0 Å². The monoisotopic (exact) mass is 410 g/mol. The largest absolute Gasteiger partial charge is 0.340 e. The van der Waals surface area contributed by atoms with Crippen molar-refractivity contribution in [2.24, 2.45) is 0 Å². The third-order valence-corrected chi connectivity index (χ3v) is 7.29. The Labute approximate surface area is 169 Å². The van der Waals surface area contributed by atoms with Gasteiger partial charge in [0, 0.05) is 52.2 Å². The van der Waals surface area contributed by atoms with Crippen molar-refractivity contribution < 1.29 is 13.2 Å². The summed E-state index contributed by atoms with van der Waals surface area (Å²) in [7, 11) is 0.160. The Morgan fingerprint density at radius 2 is 1.61 bits per heavy atom. The Morgan fingerprint density at radius 3 is 2.21 bits per heavy atom. The lowest BCUT2D eigenvalue weighted by molar-refractivity contribution is -0.131. The second-order valence-corrected chi connectivity index (χ2v) is 9.70. The van der Waals surface area contributed by atoms with Gasteiger partial charge in [0.05, 0.1) is 4.90 Å². The van der Waals surface area contributed by atoms with E-state index in [0.29, 0.717) is 31.1 Å². The van der Waals surface area contributed by atoms with Crippen LogP contribution < -0.4 is 5.32 Å². The maximum absolute atomic E-state index is 13.4. The molecule has 0 saturated carbocycles. The molecule has 1 N–H and O–H groups in total. The van der Waals surface area contributed by atoms with Gasteiger partial charge in [0.25, 0.3) is 0 Å². The van der Waals surface area contributed by atoms with Crippen LogP contribution in [0.5, 0.6) is 0 Å². The number of piperazine rings is 1. The zero-order chi connectivity index (χ0) is 20.9. The summed E-state index contributed by atoms with van der Waals surface area (Å²) in [6.07, 6.45) is 0.205. The van der Waals surface area contributed by atoms with Crippen molar-refractivity contribution in [1.82, 2.24) is 19.4 Å². The van der Waals surface area contributed by atoms with E-state index in [-0.39, 0.29) is 18.9 Å². The molecular weight excluding hydrogens is 376 g/mol. The first-order valence-electron chi connectivity index (χ1n) is 9.84. The molecule has 0 aromatic heterocycles. The predicted molar refractivity (Wildman–Crippen MR) is 112 cm³/mol. The summed E-state index contributed by atoms with van der Waals surface area (Å²) in [4.78, 5) is 16.6. The predicted octanol–water partition coefficient (Wildman–Crippen LogP) is 0.986. The van der Waals surface area contributed by atoms with Crippen molar-refractivity contribution in [3.05, 3.63) is 28.8 Å². The molecule has 8 heteroatoms. The second-order valence-electron chi connectivity index (χ2n) is 7.79. The molecule has 1 amide bonds. The molecule has 7 nitrogen and oxygen atoms in total. The molecule has 1 heterocycles. The van der Waals surface area contributed by atoms with E-state index in [9.17, 15) is 13.2 Å². The topological polar surface area (TPSA) is 73.0 Å². The number of benzene rings is 1. The first kappa shape index (κ1) is 22.8. The van der Waals surface area contributed by atoms with E-state index in [2.05, 4.69) is 5.32 Å². The maximum Gasteiger partial charge on any atom is 0.243 e. The highest BCUT2D eigenvalue weighted by Crippen LogP contribution is 2.24. The molecule has 0 radical (unpaired) electrons. The maximum atomic E-state index is 13.4. The lowest BCUT2D eigenvalue weighted by Gasteiger charge is -2.29. The van der Waals surface area contributed by atoms with Crippen LogP contribution in [0.2, 0.25) is 0 Å². The van der Waals surface area contributed by atoms with Crippen molar-refractivity contribution in [1.29, 1.82) is 0 Å². The van der Waals surface area contributed by atoms with Gasteiger partial charge in [0.15, 0.2) is 0 Å². The minimum Gasteiger partial charge on any atom is -0.340 e. The van der Waals surface area contributed by atoms with E-state index in [1.807, 2.05) is 50.7 Å². The second kappa shape index (κ2) is 9.82. The average molecular weight is 411 g/mol. The fraction of sp³-hybridized carbons (Fsp3) is 0.650. The molecule has 28 heavy (non-hydrogen) atoms. The van der Waals surface area contributed by atoms with E-state index >= 15 is 0 Å². The minimum absolute atomic E-state index is 0.0170. The van der Waals surface area contributed by atoms with E-state index in [1.165, 1.54) is 4.31 Å². The zero-order valence-corrected chi connectivity index (χ0v) is 18.6. The van der Waals surface area contributed by atoms with Crippen molar-refractivity contribution in [3.8, 4) is 0 Å². The first-order chi connectivity index (χ1) is 13.1. The number of carbonyl (C=O) groups excluding carboxylic acids is 1. The molecule has 1 aromatic carbocycles. The van der Waals surface area contributed by atoms with E-state index in [4.69, 9.17) is 0 Å². The van der Waals surface area contributed by atoms with Gasteiger partial charge in [-0.05, 0) is 57.6 Å². The normalized spacial score (nSPS) is 15.5. The summed E-state index contributed by atoms with van der Waals surface area (Å²) in [5.74, 6) is 0.0170. The Hall–Kier alpha value is -1.48. The fourth-order valence-electron chi connectivity index (χ4n) is 3.31. The smallest absolute Gasteiger partial charge is 0.243 e. The van der Waals surface area contributed by atoms with Crippen LogP contribution in [0.1, 0.15) is 23.1 Å². The van der Waals surface area contributed by atoms with Gasteiger partial charge in [-0.25, -0.2) is 8.42 Å². The van der Waals surface area contributed by atoms with E-state index < -0.39 is 10.0 Å². The number of likely N-dealkylation sites (N-methyl/N-ethyl adjacent to an activating group) is 1. The summed E-state index contributed by atoms with van der Waals surface area (Å²) < 4.78 is 28.2. The minimum atomic E-state index is -3.67. The van der Waals surface area contributed by atoms with Gasteiger partial charge < -0.3 is 15.1 Å². The third-order valence-electron chi connectivity index (χ3n) is 5.25. The van der Waals surface area contributed by atoms with Crippen molar-refractivity contribution in [3.63, 3.8) is 0 Å². The fourth-order valence-corrected chi connectivity index (χ4v) is 5.03. The third kappa shape index (κ3) is 5.76. The molecule has 0 spiro atoms. The van der Waals surface area contributed by atoms with Crippen LogP contribution in [0.25, 0.3) is 0 Å². The Kier molecular flexibility index (Phi) is 8.00. The van der Waals surface area contributed by atoms with Gasteiger partial charge >= 0.3 is 0 Å². The number of nitrogens with one attached hydrogen (secondary N) is 1. The highest BCUT2D eigenvalue weighted by Gasteiger charge is 2.28. The zero-order valence-electron chi connectivity index (χ0n) is 17.8. The summed E-state index contributed by atoms with van der Waals surface area (Å²) in [6.45, 7) is 9.83. The number of hydrogen-bond acceptors (Lipinski definition) is 5. The lowest BCUT2D eigenvalue weighted by atomic mass is 10.1. The van der Waals surface area contributed by atoms with Gasteiger partial charge in [-0.1, -0.05) is 6.07 Å². The molecule has 158 valence electrons. The highest BCUT2D eigenvalue weighted by atomic mass is 32.2. The Morgan fingerprint density at radius 1 is 1.00 bits per heavy atom. The highest BCUT2D eigenvalue weighted by molar-refractivity contribution is 7.89. The number of sulfonamides is 1. The van der Waals surface area contributed by atoms with Crippen LogP contribution in [-0.2, 0) is 14.8 Å². The molecular formula is C20H34N4O3S. The van der Waals surface area contributed by atoms with Crippen molar-refractivity contribution in [2.75, 3.05) is 59.9 Å². The standard InChI is InChI=1S/C20H34N4O3S/c1-16-14-18(3)19(15-17(16)2)28(26,27)24(13-12-22(4)5)9-6-20(25)23-10-7-21-8-11-23/h14-15,21H,6-13H2,1-5H3. The summed E-state index contributed by atoms with van der Waals surface area (Å²) in [6, 6.07) is 3.67. The average Bonchev–Trinajstić information content (AvgIpc) is 2.64. The van der Waals surface area contributed by atoms with E-state index in [0.717, 1.165) is 29.8 Å². The number of hydrogen-bond donors (Lipinski definition) is 1. The molecule has 0 unspecified atom stereocenters. The van der Waals surface area contributed by atoms with Gasteiger partial charge in [0.1, 0.15) is 0 Å². The van der Waals surface area contributed by atoms with Crippen LogP contribution in [0.15, 0.2) is 17.0 Å². The molecule has 1 aliphatic heterocycles. The molecule has 0 atom stereocenters. The quantitative estimate of drug-likeness (QED) is 0.692. The van der Waals surface area contributed by atoms with Crippen LogP contribution in [-0.4, -0.2) is 88.3 Å². The van der Waals surface area contributed by atoms with Crippen molar-refractivity contribution in [2.45, 2.75) is 32.1 Å². The van der Waals surface area contributed by atoms with Gasteiger partial charge in [-0.15, -0.1) is 0 Å². The molecule has 1 saturated heterocycles. The summed E-state index contributed by atoms with van der Waals surface area (Å²) in [5.41, 5.74) is 2.77. The molecule has 1 aromatic rings. The number of aryl methyl sites for hydroxylation is 3. The van der Waals surface area contributed by atoms with Crippen LogP contribution in [0, 0.1) is 20.8 Å². The molecule has 1 fully saturated rings. The summed E-state index contributed by atoms with van der Waals surface area (Å²) in [5, 5.41) is 3.22. The first-order valence-corrected chi connectivity index (χ1v) is 11.3. The molecule has 2 rings (SSSR count). The Balaban J connectivity index is 2.21. The van der Waals surface area contributed by atoms with Gasteiger partial charge in [-0.3, -0.25) is 4.79 Å². The number of nitrogens with zero attached hydrogens (tertiary/aromatic N) is 3. The number of amides is 1. The van der Waals surface area contributed by atoms with Gasteiger partial charge in [-0.2, -0.15) is 4.31 Å². The molecule has 0 aliphatic carbocycles. The van der Waals surface area contributed by atoms with Crippen LogP contribution in [0.3, 0.4) is 0 Å². The molecule has 1 aliphatic rings. The SMILES string of the molecule is Cc1cc(C)c(S(=O)(=O)N(CCC(=O)N2CCNCC2)CCN(C)C)cc1C. The van der Waals surface area contributed by atoms with E-state index in [1.54, 1.807) is 6.07 Å². The summed E-state index contributed by atoms with van der Waals surface area (Å²) >= 11 is 0. The lowest BCUT2D eigenvalue weighted by Crippen LogP contribution is -2.47. The number of rotatable bonds is 8. The number of carbonyl (C=O) groups is 1. The van der Waals surface area contributed by atoms with Gasteiger partial charge in [0.2, 0.25) is 15.9 Å².